The number of amides is 1. The molecule has 1 aromatic rings. The quantitative estimate of drug-likeness (QED) is 0.834. The lowest BCUT2D eigenvalue weighted by Gasteiger charge is -2.13. The van der Waals surface area contributed by atoms with E-state index < -0.39 is 6.10 Å². The largest absolute Gasteiger partial charge is 0.480 e. The molecule has 0 saturated heterocycles. The number of fused-ring (bicyclic) bond motifs is 1. The minimum Gasteiger partial charge on any atom is -0.480 e. The van der Waals surface area contributed by atoms with Gasteiger partial charge in [0.05, 0.1) is 0 Å². The normalized spacial score (nSPS) is 19.3. The van der Waals surface area contributed by atoms with Crippen molar-refractivity contribution < 1.29 is 9.53 Å². The Morgan fingerprint density at radius 2 is 2.35 bits per heavy atom. The molecule has 0 radical (unpaired) electrons. The van der Waals surface area contributed by atoms with E-state index in [1.165, 1.54) is 0 Å². The van der Waals surface area contributed by atoms with Gasteiger partial charge in [-0.25, -0.2) is 0 Å². The zero-order valence-corrected chi connectivity index (χ0v) is 10.5. The van der Waals surface area contributed by atoms with Crippen LogP contribution in [0.2, 0.25) is 0 Å². The Hall–Kier alpha value is -1.22. The molecule has 2 unspecified atom stereocenters. The van der Waals surface area contributed by atoms with E-state index in [1.54, 1.807) is 0 Å². The SMILES string of the molecule is CC(CCl)CNC(=O)C1Cc2ccccc2O1. The molecule has 4 heteroatoms. The Balaban J connectivity index is 1.88. The number of hydrogen-bond acceptors (Lipinski definition) is 2. The maximum Gasteiger partial charge on any atom is 0.261 e. The second kappa shape index (κ2) is 5.41. The molecule has 0 saturated carbocycles. The topological polar surface area (TPSA) is 38.3 Å². The fourth-order valence-corrected chi connectivity index (χ4v) is 1.88. The molecule has 0 spiro atoms. The number of alkyl halides is 1. The third-order valence-electron chi connectivity index (χ3n) is 2.83. The van der Waals surface area contributed by atoms with E-state index in [2.05, 4.69) is 5.32 Å². The van der Waals surface area contributed by atoms with Crippen LogP contribution in [0, 0.1) is 5.92 Å². The summed E-state index contributed by atoms with van der Waals surface area (Å²) >= 11 is 5.69. The van der Waals surface area contributed by atoms with Crippen LogP contribution in [0.5, 0.6) is 5.75 Å². The second-order valence-corrected chi connectivity index (χ2v) is 4.73. The van der Waals surface area contributed by atoms with E-state index >= 15 is 0 Å². The van der Waals surface area contributed by atoms with Crippen molar-refractivity contribution in [2.45, 2.75) is 19.4 Å². The third kappa shape index (κ3) is 2.91. The van der Waals surface area contributed by atoms with Crippen molar-refractivity contribution in [3.05, 3.63) is 29.8 Å². The number of ether oxygens (including phenoxy) is 1. The van der Waals surface area contributed by atoms with E-state index in [4.69, 9.17) is 16.3 Å². The smallest absolute Gasteiger partial charge is 0.261 e. The van der Waals surface area contributed by atoms with Crippen LogP contribution in [0.3, 0.4) is 0 Å². The summed E-state index contributed by atoms with van der Waals surface area (Å²) in [6.45, 7) is 2.59. The van der Waals surface area contributed by atoms with Gasteiger partial charge in [-0.2, -0.15) is 0 Å². The Kier molecular flexibility index (Phi) is 3.89. The van der Waals surface area contributed by atoms with Gasteiger partial charge in [0.2, 0.25) is 0 Å². The molecule has 2 atom stereocenters. The number of hydrogen-bond donors (Lipinski definition) is 1. The highest BCUT2D eigenvalue weighted by molar-refractivity contribution is 6.18. The highest BCUT2D eigenvalue weighted by atomic mass is 35.5. The summed E-state index contributed by atoms with van der Waals surface area (Å²) in [5.74, 6) is 1.59. The van der Waals surface area contributed by atoms with Crippen molar-refractivity contribution in [2.24, 2.45) is 5.92 Å². The average Bonchev–Trinajstić information content (AvgIpc) is 2.79. The summed E-state index contributed by atoms with van der Waals surface area (Å²) in [6, 6.07) is 7.75. The Morgan fingerprint density at radius 1 is 1.59 bits per heavy atom. The lowest BCUT2D eigenvalue weighted by atomic mass is 10.1. The zero-order valence-electron chi connectivity index (χ0n) is 9.78. The summed E-state index contributed by atoms with van der Waals surface area (Å²) in [6.07, 6.45) is 0.256. The number of nitrogens with one attached hydrogen (secondary N) is 1. The molecule has 0 aromatic heterocycles. The van der Waals surface area contributed by atoms with Crippen LogP contribution in [0.4, 0.5) is 0 Å². The van der Waals surface area contributed by atoms with Crippen molar-refractivity contribution in [1.29, 1.82) is 0 Å². The summed E-state index contributed by atoms with van der Waals surface area (Å²) in [5, 5.41) is 2.86. The molecule has 1 aromatic carbocycles. The van der Waals surface area contributed by atoms with Gasteiger partial charge >= 0.3 is 0 Å². The monoisotopic (exact) mass is 253 g/mol. The van der Waals surface area contributed by atoms with Gasteiger partial charge in [-0.3, -0.25) is 4.79 Å². The van der Waals surface area contributed by atoms with Gasteiger partial charge in [0.25, 0.3) is 5.91 Å². The third-order valence-corrected chi connectivity index (χ3v) is 3.35. The number of carbonyl (C=O) groups excluding carboxylic acids is 1. The van der Waals surface area contributed by atoms with Gasteiger partial charge in [-0.15, -0.1) is 11.6 Å². The van der Waals surface area contributed by atoms with Gasteiger partial charge in [-0.05, 0) is 17.5 Å². The van der Waals surface area contributed by atoms with Gasteiger partial charge in [-0.1, -0.05) is 25.1 Å². The predicted octanol–water partition coefficient (Wildman–Crippen LogP) is 1.98. The molecular formula is C13H16ClNO2. The number of rotatable bonds is 4. The number of benzene rings is 1. The standard InChI is InChI=1S/C13H16ClNO2/c1-9(7-14)8-15-13(16)12-6-10-4-2-3-5-11(10)17-12/h2-5,9,12H,6-8H2,1H3,(H,15,16). The van der Waals surface area contributed by atoms with Crippen LogP contribution < -0.4 is 10.1 Å². The fourth-order valence-electron chi connectivity index (χ4n) is 1.77. The molecule has 1 aliphatic heterocycles. The molecule has 0 fully saturated rings. The predicted molar refractivity (Wildman–Crippen MR) is 67.5 cm³/mol. The van der Waals surface area contributed by atoms with E-state index in [-0.39, 0.29) is 11.8 Å². The number of halogens is 1. The van der Waals surface area contributed by atoms with Crippen LogP contribution in [-0.4, -0.2) is 24.4 Å². The average molecular weight is 254 g/mol. The first-order valence-corrected chi connectivity index (χ1v) is 6.32. The van der Waals surface area contributed by atoms with Crippen LogP contribution >= 0.6 is 11.6 Å². The number of carbonyl (C=O) groups is 1. The van der Waals surface area contributed by atoms with Crippen molar-refractivity contribution >= 4 is 17.5 Å². The molecule has 1 aliphatic rings. The first-order chi connectivity index (χ1) is 8.20. The van der Waals surface area contributed by atoms with Crippen molar-refractivity contribution in [2.75, 3.05) is 12.4 Å². The maximum absolute atomic E-state index is 11.9. The van der Waals surface area contributed by atoms with E-state index in [9.17, 15) is 4.79 Å². The summed E-state index contributed by atoms with van der Waals surface area (Å²) in [7, 11) is 0. The summed E-state index contributed by atoms with van der Waals surface area (Å²) in [4.78, 5) is 11.9. The molecule has 17 heavy (non-hydrogen) atoms. The number of para-hydroxylation sites is 1. The van der Waals surface area contributed by atoms with Gasteiger partial charge in [0, 0.05) is 18.8 Å². The molecule has 92 valence electrons. The highest BCUT2D eigenvalue weighted by Crippen LogP contribution is 2.28. The molecule has 1 heterocycles. The van der Waals surface area contributed by atoms with E-state index in [0.717, 1.165) is 11.3 Å². The second-order valence-electron chi connectivity index (χ2n) is 4.42. The molecule has 1 amide bonds. The van der Waals surface area contributed by atoms with Crippen LogP contribution in [0.1, 0.15) is 12.5 Å². The Morgan fingerprint density at radius 3 is 3.06 bits per heavy atom. The lowest BCUT2D eigenvalue weighted by Crippen LogP contribution is -2.39. The molecule has 0 bridgehead atoms. The van der Waals surface area contributed by atoms with E-state index in [0.29, 0.717) is 18.8 Å². The van der Waals surface area contributed by atoms with Crippen molar-refractivity contribution in [1.82, 2.24) is 5.32 Å². The fraction of sp³-hybridized carbons (Fsp3) is 0.462. The minimum absolute atomic E-state index is 0.0573. The van der Waals surface area contributed by atoms with Crippen LogP contribution in [0.25, 0.3) is 0 Å². The molecule has 3 nitrogen and oxygen atoms in total. The van der Waals surface area contributed by atoms with Gasteiger partial charge < -0.3 is 10.1 Å². The van der Waals surface area contributed by atoms with Crippen LogP contribution in [0.15, 0.2) is 24.3 Å². The molecule has 1 N–H and O–H groups in total. The maximum atomic E-state index is 11.9. The van der Waals surface area contributed by atoms with Crippen LogP contribution in [-0.2, 0) is 11.2 Å². The first-order valence-electron chi connectivity index (χ1n) is 5.79. The molecule has 2 rings (SSSR count). The molecule has 0 aliphatic carbocycles. The summed E-state index contributed by atoms with van der Waals surface area (Å²) in [5.41, 5.74) is 1.10. The summed E-state index contributed by atoms with van der Waals surface area (Å²) < 4.78 is 5.59. The van der Waals surface area contributed by atoms with E-state index in [1.807, 2.05) is 31.2 Å². The minimum atomic E-state index is -0.394. The van der Waals surface area contributed by atoms with Crippen molar-refractivity contribution in [3.63, 3.8) is 0 Å². The Labute approximate surface area is 106 Å². The lowest BCUT2D eigenvalue weighted by molar-refractivity contribution is -0.127. The van der Waals surface area contributed by atoms with Crippen molar-refractivity contribution in [3.8, 4) is 5.75 Å². The first kappa shape index (κ1) is 12.2. The highest BCUT2D eigenvalue weighted by Gasteiger charge is 2.28. The molecular weight excluding hydrogens is 238 g/mol. The van der Waals surface area contributed by atoms with Gasteiger partial charge in [0.1, 0.15) is 5.75 Å². The zero-order chi connectivity index (χ0) is 12.3. The van der Waals surface area contributed by atoms with Gasteiger partial charge in [0.15, 0.2) is 6.10 Å². The Bertz CT molecular complexity index is 383.